The molecular weight excluding hydrogens is 252 g/mol. The van der Waals surface area contributed by atoms with Gasteiger partial charge in [-0.2, -0.15) is 0 Å². The summed E-state index contributed by atoms with van der Waals surface area (Å²) in [6.07, 6.45) is 0. The first-order chi connectivity index (χ1) is 9.68. The molecule has 0 aliphatic heterocycles. The van der Waals surface area contributed by atoms with Gasteiger partial charge in [0.25, 0.3) is 0 Å². The first-order valence-electron chi connectivity index (χ1n) is 6.22. The molecule has 3 aromatic carbocycles. The van der Waals surface area contributed by atoms with E-state index in [0.717, 1.165) is 0 Å². The van der Waals surface area contributed by atoms with Crippen LogP contribution in [0.5, 0.6) is 11.5 Å². The number of carbonyl (C=O) groups excluding carboxylic acids is 1. The molecule has 0 fully saturated rings. The maximum atomic E-state index is 12.4. The molecule has 0 aromatic heterocycles. The minimum Gasteiger partial charge on any atom is -0.504 e. The monoisotopic (exact) mass is 264 g/mol. The van der Waals surface area contributed by atoms with Crippen molar-refractivity contribution in [3.63, 3.8) is 0 Å². The van der Waals surface area contributed by atoms with Gasteiger partial charge in [-0.15, -0.1) is 0 Å². The van der Waals surface area contributed by atoms with Gasteiger partial charge in [0.15, 0.2) is 17.3 Å². The van der Waals surface area contributed by atoms with Crippen LogP contribution in [0.4, 0.5) is 0 Å². The van der Waals surface area contributed by atoms with Crippen molar-refractivity contribution in [2.75, 3.05) is 0 Å². The smallest absolute Gasteiger partial charge is 0.196 e. The van der Waals surface area contributed by atoms with Gasteiger partial charge in [0.2, 0.25) is 0 Å². The average Bonchev–Trinajstić information content (AvgIpc) is 2.51. The van der Waals surface area contributed by atoms with Crippen molar-refractivity contribution >= 4 is 16.6 Å². The zero-order valence-electron chi connectivity index (χ0n) is 10.6. The fourth-order valence-electron chi connectivity index (χ4n) is 2.24. The van der Waals surface area contributed by atoms with Crippen LogP contribution in [0.1, 0.15) is 15.9 Å². The van der Waals surface area contributed by atoms with Crippen molar-refractivity contribution in [1.82, 2.24) is 0 Å². The third kappa shape index (κ3) is 1.89. The Hall–Kier alpha value is -2.81. The van der Waals surface area contributed by atoms with Gasteiger partial charge in [-0.3, -0.25) is 4.79 Å². The number of phenolic OH excluding ortho intramolecular Hbond substituents is 2. The first-order valence-corrected chi connectivity index (χ1v) is 6.22. The predicted molar refractivity (Wildman–Crippen MR) is 77.2 cm³/mol. The summed E-state index contributed by atoms with van der Waals surface area (Å²) in [5.41, 5.74) is 0.574. The number of ketones is 1. The van der Waals surface area contributed by atoms with Crippen LogP contribution in [0.2, 0.25) is 0 Å². The van der Waals surface area contributed by atoms with Crippen LogP contribution in [-0.2, 0) is 0 Å². The highest BCUT2D eigenvalue weighted by Gasteiger charge is 2.18. The van der Waals surface area contributed by atoms with E-state index < -0.39 is 0 Å². The van der Waals surface area contributed by atoms with Crippen LogP contribution >= 0.6 is 0 Å². The van der Waals surface area contributed by atoms with Gasteiger partial charge in [-0.25, -0.2) is 0 Å². The van der Waals surface area contributed by atoms with E-state index in [-0.39, 0.29) is 22.8 Å². The lowest BCUT2D eigenvalue weighted by Crippen LogP contribution is -2.01. The summed E-state index contributed by atoms with van der Waals surface area (Å²) < 4.78 is 0. The van der Waals surface area contributed by atoms with Crippen molar-refractivity contribution in [2.45, 2.75) is 0 Å². The molecule has 3 aromatic rings. The molecule has 3 heteroatoms. The molecule has 3 rings (SSSR count). The molecule has 0 aliphatic carbocycles. The summed E-state index contributed by atoms with van der Waals surface area (Å²) in [4.78, 5) is 12.4. The number of rotatable bonds is 2. The molecule has 0 aliphatic rings. The molecule has 0 amide bonds. The zero-order chi connectivity index (χ0) is 14.1. The van der Waals surface area contributed by atoms with Gasteiger partial charge in [0, 0.05) is 10.9 Å². The molecule has 2 N–H and O–H groups in total. The Kier molecular flexibility index (Phi) is 2.88. The van der Waals surface area contributed by atoms with Gasteiger partial charge in [0.1, 0.15) is 0 Å². The maximum Gasteiger partial charge on any atom is 0.196 e. The molecule has 98 valence electrons. The largest absolute Gasteiger partial charge is 0.504 e. The third-order valence-electron chi connectivity index (χ3n) is 3.28. The van der Waals surface area contributed by atoms with E-state index >= 15 is 0 Å². The normalized spacial score (nSPS) is 10.6. The Morgan fingerprint density at radius 2 is 1.45 bits per heavy atom. The molecule has 0 bridgehead atoms. The quantitative estimate of drug-likeness (QED) is 0.550. The van der Waals surface area contributed by atoms with Gasteiger partial charge in [-0.05, 0) is 11.5 Å². The first kappa shape index (κ1) is 12.2. The molecule has 0 radical (unpaired) electrons. The van der Waals surface area contributed by atoms with Crippen LogP contribution in [0.15, 0.2) is 60.7 Å². The summed E-state index contributed by atoms with van der Waals surface area (Å²) >= 11 is 0. The molecule has 0 saturated carbocycles. The topological polar surface area (TPSA) is 57.5 Å². The van der Waals surface area contributed by atoms with Crippen LogP contribution in [0.3, 0.4) is 0 Å². The van der Waals surface area contributed by atoms with Crippen LogP contribution in [-0.4, -0.2) is 16.0 Å². The number of benzene rings is 3. The minimum absolute atomic E-state index is 0.104. The molecule has 0 spiro atoms. The zero-order valence-corrected chi connectivity index (χ0v) is 10.6. The van der Waals surface area contributed by atoms with E-state index in [0.29, 0.717) is 16.3 Å². The standard InChI is InChI=1S/C17H12O3/c18-15(11-6-2-1-3-7-11)14-10-12-8-4-5-9-13(12)16(19)17(14)20/h1-10,19-20H. The van der Waals surface area contributed by atoms with Crippen LogP contribution in [0, 0.1) is 0 Å². The van der Waals surface area contributed by atoms with Crippen molar-refractivity contribution < 1.29 is 15.0 Å². The Bertz CT molecular complexity index is 792. The fourth-order valence-corrected chi connectivity index (χ4v) is 2.24. The second-order valence-electron chi connectivity index (χ2n) is 4.54. The maximum absolute atomic E-state index is 12.4. The summed E-state index contributed by atoms with van der Waals surface area (Å²) in [6, 6.07) is 17.3. The fraction of sp³-hybridized carbons (Fsp3) is 0. The van der Waals surface area contributed by atoms with E-state index in [1.165, 1.54) is 0 Å². The molecular formula is C17H12O3. The van der Waals surface area contributed by atoms with E-state index in [2.05, 4.69) is 0 Å². The van der Waals surface area contributed by atoms with Crippen LogP contribution in [0.25, 0.3) is 10.8 Å². The summed E-state index contributed by atoms with van der Waals surface area (Å²) in [7, 11) is 0. The number of hydrogen-bond donors (Lipinski definition) is 2. The third-order valence-corrected chi connectivity index (χ3v) is 3.28. The Labute approximate surface area is 115 Å². The predicted octanol–water partition coefficient (Wildman–Crippen LogP) is 3.48. The Morgan fingerprint density at radius 3 is 2.20 bits per heavy atom. The SMILES string of the molecule is O=C(c1ccccc1)c1cc2ccccc2c(O)c1O. The van der Waals surface area contributed by atoms with Gasteiger partial charge < -0.3 is 10.2 Å². The van der Waals surface area contributed by atoms with Crippen molar-refractivity contribution in [3.8, 4) is 11.5 Å². The molecule has 20 heavy (non-hydrogen) atoms. The second kappa shape index (κ2) is 4.70. The van der Waals surface area contributed by atoms with E-state index in [9.17, 15) is 15.0 Å². The van der Waals surface area contributed by atoms with Gasteiger partial charge in [-0.1, -0.05) is 54.6 Å². The number of aromatic hydroxyl groups is 2. The minimum atomic E-state index is -0.377. The van der Waals surface area contributed by atoms with E-state index in [1.54, 1.807) is 48.5 Å². The molecule has 0 saturated heterocycles. The average molecular weight is 264 g/mol. The van der Waals surface area contributed by atoms with Crippen molar-refractivity contribution in [2.24, 2.45) is 0 Å². The molecule has 3 nitrogen and oxygen atoms in total. The highest BCUT2D eigenvalue weighted by atomic mass is 16.3. The van der Waals surface area contributed by atoms with E-state index in [1.807, 2.05) is 12.1 Å². The van der Waals surface area contributed by atoms with E-state index in [4.69, 9.17) is 0 Å². The van der Waals surface area contributed by atoms with Crippen molar-refractivity contribution in [3.05, 3.63) is 71.8 Å². The lowest BCUT2D eigenvalue weighted by Gasteiger charge is -2.09. The number of carbonyl (C=O) groups is 1. The Morgan fingerprint density at radius 1 is 0.800 bits per heavy atom. The lowest BCUT2D eigenvalue weighted by atomic mass is 9.98. The Balaban J connectivity index is 2.22. The number of phenols is 2. The molecule has 0 unspecified atom stereocenters. The van der Waals surface area contributed by atoms with Crippen molar-refractivity contribution in [1.29, 1.82) is 0 Å². The lowest BCUT2D eigenvalue weighted by molar-refractivity contribution is 0.103. The number of fused-ring (bicyclic) bond motifs is 1. The van der Waals surface area contributed by atoms with Gasteiger partial charge >= 0.3 is 0 Å². The highest BCUT2D eigenvalue weighted by Crippen LogP contribution is 2.37. The van der Waals surface area contributed by atoms with Gasteiger partial charge in [0.05, 0.1) is 5.56 Å². The second-order valence-corrected chi connectivity index (χ2v) is 4.54. The highest BCUT2D eigenvalue weighted by molar-refractivity contribution is 6.13. The number of hydrogen-bond acceptors (Lipinski definition) is 3. The summed E-state index contributed by atoms with van der Waals surface area (Å²) in [5, 5.41) is 21.3. The summed E-state index contributed by atoms with van der Waals surface area (Å²) in [5.74, 6) is -0.955. The molecule has 0 heterocycles. The molecule has 0 atom stereocenters. The van der Waals surface area contributed by atoms with Crippen LogP contribution < -0.4 is 0 Å². The summed E-state index contributed by atoms with van der Waals surface area (Å²) in [6.45, 7) is 0.